The minimum Gasteiger partial charge on any atom is -0.444 e. The van der Waals surface area contributed by atoms with Crippen LogP contribution in [0.3, 0.4) is 0 Å². The van der Waals surface area contributed by atoms with Crippen molar-refractivity contribution in [1.82, 2.24) is 10.6 Å². The maximum Gasteiger partial charge on any atom is 0.407 e. The fourth-order valence-electron chi connectivity index (χ4n) is 1.33. The van der Waals surface area contributed by atoms with E-state index in [0.717, 1.165) is 19.5 Å². The molecule has 0 aliphatic rings. The highest BCUT2D eigenvalue weighted by Crippen LogP contribution is 2.24. The molecular weight excluding hydrogens is 240 g/mol. The van der Waals surface area contributed by atoms with Crippen LogP contribution in [0.1, 0.15) is 54.9 Å². The molecule has 0 radical (unpaired) electrons. The zero-order valence-corrected chi connectivity index (χ0v) is 13.7. The number of carbonyl (C=O) groups is 1. The van der Waals surface area contributed by atoms with Crippen molar-refractivity contribution in [1.29, 1.82) is 0 Å². The average Bonchev–Trinajstić information content (AvgIpc) is 2.20. The fraction of sp³-hybridized carbons (Fsp3) is 0.933. The first-order valence-corrected chi connectivity index (χ1v) is 7.22. The Kier molecular flexibility index (Phi) is 7.42. The van der Waals surface area contributed by atoms with Gasteiger partial charge in [-0.25, -0.2) is 4.79 Å². The molecule has 19 heavy (non-hydrogen) atoms. The lowest BCUT2D eigenvalue weighted by molar-refractivity contribution is 0.0527. The summed E-state index contributed by atoms with van der Waals surface area (Å²) in [4.78, 5) is 11.4. The molecule has 0 heterocycles. The number of rotatable bonds is 7. The van der Waals surface area contributed by atoms with Crippen molar-refractivity contribution in [3.05, 3.63) is 0 Å². The highest BCUT2D eigenvalue weighted by molar-refractivity contribution is 5.67. The van der Waals surface area contributed by atoms with Crippen LogP contribution < -0.4 is 10.6 Å². The van der Waals surface area contributed by atoms with Gasteiger partial charge in [-0.1, -0.05) is 27.7 Å². The number of nitrogens with one attached hydrogen (secondary N) is 2. The Balaban J connectivity index is 3.59. The molecule has 1 amide bonds. The van der Waals surface area contributed by atoms with Crippen molar-refractivity contribution < 1.29 is 9.53 Å². The number of carbonyl (C=O) groups excluding carboxylic acids is 1. The van der Waals surface area contributed by atoms with Crippen molar-refractivity contribution in [2.45, 2.75) is 60.5 Å². The summed E-state index contributed by atoms with van der Waals surface area (Å²) in [5.41, 5.74) is -0.123. The summed E-state index contributed by atoms with van der Waals surface area (Å²) in [6.07, 6.45) is 0.572. The van der Waals surface area contributed by atoms with Crippen LogP contribution in [-0.4, -0.2) is 31.3 Å². The molecule has 0 spiro atoms. The summed E-state index contributed by atoms with van der Waals surface area (Å²) in [5.74, 6) is 0.653. The molecule has 2 N–H and O–H groups in total. The molecule has 0 rings (SSSR count). The second-order valence-corrected chi connectivity index (χ2v) is 7.10. The van der Waals surface area contributed by atoms with Gasteiger partial charge in [0, 0.05) is 13.1 Å². The van der Waals surface area contributed by atoms with Gasteiger partial charge in [0.25, 0.3) is 0 Å². The van der Waals surface area contributed by atoms with Crippen LogP contribution >= 0.6 is 0 Å². The minimum absolute atomic E-state index is 0.304. The molecule has 114 valence electrons. The third-order valence-corrected chi connectivity index (χ3v) is 3.34. The van der Waals surface area contributed by atoms with Crippen LogP contribution in [-0.2, 0) is 4.74 Å². The topological polar surface area (TPSA) is 50.4 Å². The smallest absolute Gasteiger partial charge is 0.407 e. The van der Waals surface area contributed by atoms with Crippen molar-refractivity contribution in [3.8, 4) is 0 Å². The molecule has 0 saturated heterocycles. The summed E-state index contributed by atoms with van der Waals surface area (Å²) in [5, 5.41) is 6.20. The van der Waals surface area contributed by atoms with E-state index in [4.69, 9.17) is 4.74 Å². The van der Waals surface area contributed by atoms with Crippen LogP contribution in [0.4, 0.5) is 4.79 Å². The summed E-state index contributed by atoms with van der Waals surface area (Å²) in [6, 6.07) is 0. The van der Waals surface area contributed by atoms with E-state index in [1.54, 1.807) is 0 Å². The normalized spacial score (nSPS) is 12.6. The third-order valence-electron chi connectivity index (χ3n) is 3.34. The third kappa shape index (κ3) is 9.77. The molecule has 0 atom stereocenters. The lowest BCUT2D eigenvalue weighted by Crippen LogP contribution is -2.36. The van der Waals surface area contributed by atoms with Crippen LogP contribution in [0, 0.1) is 11.3 Å². The van der Waals surface area contributed by atoms with Gasteiger partial charge in [-0.3, -0.25) is 0 Å². The SMILES string of the molecule is CC(C)C(C)(C)CNCCCNC(=O)OC(C)(C)C. The summed E-state index contributed by atoms with van der Waals surface area (Å²) < 4.78 is 5.16. The maximum absolute atomic E-state index is 11.4. The molecule has 0 aromatic carbocycles. The Morgan fingerprint density at radius 3 is 2.16 bits per heavy atom. The molecule has 0 fully saturated rings. The number of alkyl carbamates (subject to hydrolysis) is 1. The van der Waals surface area contributed by atoms with Gasteiger partial charge >= 0.3 is 6.09 Å². The second kappa shape index (κ2) is 7.73. The van der Waals surface area contributed by atoms with E-state index in [1.807, 2.05) is 20.8 Å². The van der Waals surface area contributed by atoms with Gasteiger partial charge in [0.05, 0.1) is 0 Å². The first kappa shape index (κ1) is 18.2. The summed E-state index contributed by atoms with van der Waals surface area (Å²) >= 11 is 0. The Bertz CT molecular complexity index is 268. The molecular formula is C15H32N2O2. The lowest BCUT2D eigenvalue weighted by Gasteiger charge is -2.29. The monoisotopic (exact) mass is 272 g/mol. The van der Waals surface area contributed by atoms with Crippen LogP contribution in [0.15, 0.2) is 0 Å². The predicted molar refractivity (Wildman–Crippen MR) is 80.3 cm³/mol. The standard InChI is InChI=1S/C15H32N2O2/c1-12(2)15(6,7)11-16-9-8-10-17-13(18)19-14(3,4)5/h12,16H,8-11H2,1-7H3,(H,17,18). The number of hydrogen-bond acceptors (Lipinski definition) is 3. The number of amides is 1. The minimum atomic E-state index is -0.427. The van der Waals surface area contributed by atoms with Gasteiger partial charge in [0.2, 0.25) is 0 Å². The fourth-order valence-corrected chi connectivity index (χ4v) is 1.33. The van der Waals surface area contributed by atoms with Gasteiger partial charge in [0.15, 0.2) is 0 Å². The summed E-state index contributed by atoms with van der Waals surface area (Å²) in [6.45, 7) is 17.2. The molecule has 0 aromatic rings. The van der Waals surface area contributed by atoms with Crippen molar-refractivity contribution in [2.75, 3.05) is 19.6 Å². The van der Waals surface area contributed by atoms with Crippen molar-refractivity contribution in [3.63, 3.8) is 0 Å². The Morgan fingerprint density at radius 1 is 1.11 bits per heavy atom. The van der Waals surface area contributed by atoms with Crippen molar-refractivity contribution in [2.24, 2.45) is 11.3 Å². The molecule has 0 saturated carbocycles. The highest BCUT2D eigenvalue weighted by Gasteiger charge is 2.21. The molecule has 4 heteroatoms. The predicted octanol–water partition coefficient (Wildman–Crippen LogP) is 3.17. The van der Waals surface area contributed by atoms with E-state index < -0.39 is 5.60 Å². The quantitative estimate of drug-likeness (QED) is 0.700. The zero-order chi connectivity index (χ0) is 15.1. The highest BCUT2D eigenvalue weighted by atomic mass is 16.6. The van der Waals surface area contributed by atoms with Gasteiger partial charge < -0.3 is 15.4 Å². The van der Waals surface area contributed by atoms with E-state index in [-0.39, 0.29) is 6.09 Å². The lowest BCUT2D eigenvalue weighted by atomic mass is 9.81. The van der Waals surface area contributed by atoms with E-state index in [2.05, 4.69) is 38.3 Å². The first-order chi connectivity index (χ1) is 8.54. The maximum atomic E-state index is 11.4. The first-order valence-electron chi connectivity index (χ1n) is 7.22. The van der Waals surface area contributed by atoms with Crippen molar-refractivity contribution >= 4 is 6.09 Å². The Labute approximate surface area is 118 Å². The van der Waals surface area contributed by atoms with Crippen LogP contribution in [0.2, 0.25) is 0 Å². The Hall–Kier alpha value is -0.770. The molecule has 0 aliphatic heterocycles. The zero-order valence-electron chi connectivity index (χ0n) is 13.7. The van der Waals surface area contributed by atoms with E-state index in [9.17, 15) is 4.79 Å². The van der Waals surface area contributed by atoms with E-state index in [1.165, 1.54) is 0 Å². The van der Waals surface area contributed by atoms with E-state index in [0.29, 0.717) is 17.9 Å². The molecule has 0 aromatic heterocycles. The van der Waals surface area contributed by atoms with Gasteiger partial charge in [-0.15, -0.1) is 0 Å². The van der Waals surface area contributed by atoms with E-state index >= 15 is 0 Å². The van der Waals surface area contributed by atoms with Crippen LogP contribution in [0.25, 0.3) is 0 Å². The molecule has 0 unspecified atom stereocenters. The second-order valence-electron chi connectivity index (χ2n) is 7.10. The summed E-state index contributed by atoms with van der Waals surface area (Å²) in [7, 11) is 0. The molecule has 4 nitrogen and oxygen atoms in total. The van der Waals surface area contributed by atoms with Crippen LogP contribution in [0.5, 0.6) is 0 Å². The average molecular weight is 272 g/mol. The van der Waals surface area contributed by atoms with Gasteiger partial charge in [0.1, 0.15) is 5.60 Å². The molecule has 0 bridgehead atoms. The van der Waals surface area contributed by atoms with Gasteiger partial charge in [-0.05, 0) is 45.1 Å². The number of hydrogen-bond donors (Lipinski definition) is 2. The van der Waals surface area contributed by atoms with Gasteiger partial charge in [-0.2, -0.15) is 0 Å². The molecule has 0 aliphatic carbocycles. The number of ether oxygens (including phenoxy) is 1. The largest absolute Gasteiger partial charge is 0.444 e. The Morgan fingerprint density at radius 2 is 1.68 bits per heavy atom.